The highest BCUT2D eigenvalue weighted by molar-refractivity contribution is 7.90. The largest absolute Gasteiger partial charge is 0.598 e. The van der Waals surface area contributed by atoms with Crippen LogP contribution >= 0.6 is 11.6 Å². The molecule has 1 unspecified atom stereocenters. The minimum absolute atomic E-state index is 0.0239. The Hall–Kier alpha value is -0.400. The Morgan fingerprint density at radius 2 is 2.20 bits per heavy atom. The lowest BCUT2D eigenvalue weighted by Gasteiger charge is -2.27. The van der Waals surface area contributed by atoms with Gasteiger partial charge in [0, 0.05) is 24.0 Å². The quantitative estimate of drug-likeness (QED) is 0.570. The van der Waals surface area contributed by atoms with E-state index in [0.717, 1.165) is 19.4 Å². The van der Waals surface area contributed by atoms with Gasteiger partial charge < -0.3 is 9.87 Å². The summed E-state index contributed by atoms with van der Waals surface area (Å²) in [7, 11) is 1.88. The molecule has 0 bridgehead atoms. The number of halogens is 2. The monoisotopic (exact) mass is 321 g/mol. The van der Waals surface area contributed by atoms with Gasteiger partial charge in [0.2, 0.25) is 0 Å². The van der Waals surface area contributed by atoms with Crippen LogP contribution in [0, 0.1) is 5.82 Å². The molecule has 0 aliphatic heterocycles. The molecule has 0 saturated carbocycles. The molecule has 0 aliphatic rings. The Balaban J connectivity index is 2.53. The van der Waals surface area contributed by atoms with Crippen molar-refractivity contribution >= 4 is 23.0 Å². The lowest BCUT2D eigenvalue weighted by atomic mass is 10.1. The molecule has 0 spiro atoms. The number of nitrogens with one attached hydrogen (secondary N) is 2. The summed E-state index contributed by atoms with van der Waals surface area (Å²) in [5, 5.41) is 3.08. The summed E-state index contributed by atoms with van der Waals surface area (Å²) in [6.07, 6.45) is 3.17. The summed E-state index contributed by atoms with van der Waals surface area (Å²) in [6.45, 7) is 4.82. The van der Waals surface area contributed by atoms with Crippen LogP contribution in [-0.4, -0.2) is 27.9 Å². The fraction of sp³-hybridized carbons (Fsp3) is 0.615. The minimum Gasteiger partial charge on any atom is -0.598 e. The maximum absolute atomic E-state index is 13.7. The van der Waals surface area contributed by atoms with Crippen molar-refractivity contribution in [3.05, 3.63) is 28.8 Å². The van der Waals surface area contributed by atoms with Crippen molar-refractivity contribution in [2.45, 2.75) is 38.0 Å². The average molecular weight is 322 g/mol. The maximum Gasteiger partial charge on any atom is 0.164 e. The molecular weight excluding hydrogens is 301 g/mol. The zero-order valence-electron chi connectivity index (χ0n) is 12.0. The highest BCUT2D eigenvalue weighted by Crippen LogP contribution is 2.22. The highest BCUT2D eigenvalue weighted by Gasteiger charge is 2.32. The van der Waals surface area contributed by atoms with Crippen molar-refractivity contribution in [3.8, 4) is 0 Å². The van der Waals surface area contributed by atoms with Crippen LogP contribution in [0.4, 0.5) is 4.39 Å². The van der Waals surface area contributed by atoms with E-state index in [0.29, 0.717) is 0 Å². The first-order chi connectivity index (χ1) is 9.38. The van der Waals surface area contributed by atoms with Gasteiger partial charge in [-0.25, -0.2) is 4.39 Å². The van der Waals surface area contributed by atoms with Crippen molar-refractivity contribution < 1.29 is 8.94 Å². The second-order valence-corrected chi connectivity index (χ2v) is 7.45. The summed E-state index contributed by atoms with van der Waals surface area (Å²) in [5.74, 6) is -0.563. The molecule has 0 radical (unpaired) electrons. The van der Waals surface area contributed by atoms with Gasteiger partial charge in [0.05, 0.1) is 17.3 Å². The fourth-order valence-corrected chi connectivity index (χ4v) is 2.85. The molecule has 1 atom stereocenters. The van der Waals surface area contributed by atoms with E-state index in [1.165, 1.54) is 12.3 Å². The van der Waals surface area contributed by atoms with Gasteiger partial charge in [-0.15, -0.1) is 4.72 Å². The third-order valence-corrected chi connectivity index (χ3v) is 4.90. The van der Waals surface area contributed by atoms with Crippen molar-refractivity contribution in [1.29, 1.82) is 0 Å². The van der Waals surface area contributed by atoms with Gasteiger partial charge >= 0.3 is 0 Å². The Bertz CT molecular complexity index is 434. The molecule has 114 valence electrons. The summed E-state index contributed by atoms with van der Waals surface area (Å²) in [6, 6.07) is 1.39. The third-order valence-electron chi connectivity index (χ3n) is 2.99. The second kappa shape index (κ2) is 8.14. The molecule has 0 aromatic carbocycles. The molecule has 0 amide bonds. The normalized spacial score (nSPS) is 13.5. The van der Waals surface area contributed by atoms with E-state index in [4.69, 9.17) is 11.6 Å². The number of nitrogens with zero attached hydrogens (tertiary/aromatic N) is 1. The minimum atomic E-state index is -1.28. The first-order valence-corrected chi connectivity index (χ1v) is 8.00. The van der Waals surface area contributed by atoms with Gasteiger partial charge in [-0.3, -0.25) is 4.98 Å². The van der Waals surface area contributed by atoms with Crippen molar-refractivity contribution in [1.82, 2.24) is 15.0 Å². The molecule has 0 saturated heterocycles. The first-order valence-electron chi connectivity index (χ1n) is 6.47. The van der Waals surface area contributed by atoms with Gasteiger partial charge in [-0.1, -0.05) is 11.6 Å². The molecule has 0 fully saturated rings. The van der Waals surface area contributed by atoms with Crippen LogP contribution in [0.25, 0.3) is 0 Å². The summed E-state index contributed by atoms with van der Waals surface area (Å²) < 4.78 is 28.3. The van der Waals surface area contributed by atoms with E-state index in [-0.39, 0.29) is 22.0 Å². The summed E-state index contributed by atoms with van der Waals surface area (Å²) in [5.41, 5.74) is 0.178. The first kappa shape index (κ1) is 17.7. The second-order valence-electron chi connectivity index (χ2n) is 5.11. The van der Waals surface area contributed by atoms with E-state index in [2.05, 4.69) is 15.0 Å². The van der Waals surface area contributed by atoms with Gasteiger partial charge in [0.1, 0.15) is 4.75 Å². The zero-order valence-corrected chi connectivity index (χ0v) is 13.6. The topological polar surface area (TPSA) is 60.0 Å². The van der Waals surface area contributed by atoms with E-state index in [1.54, 1.807) is 0 Å². The van der Waals surface area contributed by atoms with E-state index in [1.807, 2.05) is 20.9 Å². The smallest absolute Gasteiger partial charge is 0.164 e. The van der Waals surface area contributed by atoms with Gasteiger partial charge in [0.25, 0.3) is 0 Å². The lowest BCUT2D eigenvalue weighted by Crippen LogP contribution is -2.42. The van der Waals surface area contributed by atoms with Gasteiger partial charge in [-0.05, 0) is 39.9 Å². The SMILES string of the molecule is CNCCCC(C)(C)[S+]([O-])NCc1nccc(Cl)c1F. The number of rotatable bonds is 8. The van der Waals surface area contributed by atoms with Crippen molar-refractivity contribution in [2.75, 3.05) is 13.6 Å². The molecule has 1 heterocycles. The average Bonchev–Trinajstić information content (AvgIpc) is 2.40. The molecular formula is C13H21ClFN3OS. The number of aromatic nitrogens is 1. The van der Waals surface area contributed by atoms with Crippen LogP contribution in [0.5, 0.6) is 0 Å². The summed E-state index contributed by atoms with van der Waals surface area (Å²) in [4.78, 5) is 3.90. The molecule has 2 N–H and O–H groups in total. The van der Waals surface area contributed by atoms with E-state index < -0.39 is 17.2 Å². The Labute approximate surface area is 127 Å². The highest BCUT2D eigenvalue weighted by atomic mass is 35.5. The Kier molecular flexibility index (Phi) is 7.19. The Morgan fingerprint density at radius 3 is 2.85 bits per heavy atom. The lowest BCUT2D eigenvalue weighted by molar-refractivity contribution is 0.497. The predicted octanol–water partition coefficient (Wildman–Crippen LogP) is 2.41. The molecule has 0 aliphatic carbocycles. The van der Waals surface area contributed by atoms with Gasteiger partial charge in [-0.2, -0.15) is 0 Å². The molecule has 4 nitrogen and oxygen atoms in total. The standard InChI is InChI=1S/C13H21ClFN3OS/c1-13(2,6-4-7-16-3)20(19)18-9-11-12(15)10(14)5-8-17-11/h5,8,16,18H,4,6-7,9H2,1-3H3. The van der Waals surface area contributed by atoms with Crippen LogP contribution in [0.2, 0.25) is 5.02 Å². The number of pyridine rings is 1. The number of hydrogen-bond donors (Lipinski definition) is 2. The fourth-order valence-electron chi connectivity index (χ4n) is 1.70. The number of hydrogen-bond acceptors (Lipinski definition) is 4. The van der Waals surface area contributed by atoms with Crippen LogP contribution in [0.3, 0.4) is 0 Å². The van der Waals surface area contributed by atoms with Crippen LogP contribution < -0.4 is 10.0 Å². The molecule has 20 heavy (non-hydrogen) atoms. The van der Waals surface area contributed by atoms with Crippen molar-refractivity contribution in [2.24, 2.45) is 0 Å². The molecule has 7 heteroatoms. The third kappa shape index (κ3) is 5.18. The van der Waals surface area contributed by atoms with Crippen molar-refractivity contribution in [3.63, 3.8) is 0 Å². The van der Waals surface area contributed by atoms with Crippen LogP contribution in [0.15, 0.2) is 12.3 Å². The van der Waals surface area contributed by atoms with E-state index in [9.17, 15) is 8.94 Å². The van der Waals surface area contributed by atoms with Crippen LogP contribution in [-0.2, 0) is 17.9 Å². The molecule has 1 rings (SSSR count). The Morgan fingerprint density at radius 1 is 1.50 bits per heavy atom. The summed E-state index contributed by atoms with van der Waals surface area (Å²) >= 11 is 4.40. The van der Waals surface area contributed by atoms with Crippen LogP contribution in [0.1, 0.15) is 32.4 Å². The van der Waals surface area contributed by atoms with E-state index >= 15 is 0 Å². The maximum atomic E-state index is 13.7. The molecule has 1 aromatic rings. The molecule has 1 aromatic heterocycles. The predicted molar refractivity (Wildman–Crippen MR) is 81.4 cm³/mol. The zero-order chi connectivity index (χ0) is 15.2. The van der Waals surface area contributed by atoms with Gasteiger partial charge in [0.15, 0.2) is 5.82 Å².